The minimum Gasteiger partial charge on any atom is -0.331 e. The summed E-state index contributed by atoms with van der Waals surface area (Å²) >= 11 is 11.2. The molecule has 1 aromatic heterocycles. The number of hydrogen-bond donors (Lipinski definition) is 1. The third-order valence-corrected chi connectivity index (χ3v) is 4.74. The Morgan fingerprint density at radius 3 is 2.84 bits per heavy atom. The number of aryl methyl sites for hydroxylation is 1. The third-order valence-electron chi connectivity index (χ3n) is 2.80. The van der Waals surface area contributed by atoms with E-state index < -0.39 is 0 Å². The summed E-state index contributed by atoms with van der Waals surface area (Å²) < 4.78 is 2.09. The van der Waals surface area contributed by atoms with Crippen LogP contribution in [0.25, 0.3) is 10.2 Å². The third kappa shape index (κ3) is 2.61. The van der Waals surface area contributed by atoms with E-state index in [-0.39, 0.29) is 0 Å². The smallest absolute Gasteiger partial charge is 0.188 e. The van der Waals surface area contributed by atoms with E-state index in [1.807, 2.05) is 30.3 Å². The fraction of sp³-hybridized carbons (Fsp3) is 0.0714. The van der Waals surface area contributed by atoms with Crippen molar-refractivity contribution in [3.63, 3.8) is 0 Å². The Morgan fingerprint density at radius 2 is 2.11 bits per heavy atom. The number of rotatable bonds is 2. The van der Waals surface area contributed by atoms with Gasteiger partial charge in [-0.05, 0) is 42.8 Å². The van der Waals surface area contributed by atoms with Crippen LogP contribution in [0.15, 0.2) is 40.9 Å². The van der Waals surface area contributed by atoms with Crippen LogP contribution >= 0.6 is 38.9 Å². The van der Waals surface area contributed by atoms with Gasteiger partial charge in [-0.1, -0.05) is 44.9 Å². The van der Waals surface area contributed by atoms with Crippen LogP contribution in [0.1, 0.15) is 5.56 Å². The highest BCUT2D eigenvalue weighted by molar-refractivity contribution is 9.10. The molecule has 0 saturated carbocycles. The first-order chi connectivity index (χ1) is 9.13. The number of halogens is 2. The van der Waals surface area contributed by atoms with Gasteiger partial charge in [0, 0.05) is 10.2 Å². The molecule has 0 bridgehead atoms. The zero-order valence-corrected chi connectivity index (χ0v) is 13.2. The van der Waals surface area contributed by atoms with Crippen molar-refractivity contribution in [1.82, 2.24) is 4.98 Å². The lowest BCUT2D eigenvalue weighted by molar-refractivity contribution is 1.39. The van der Waals surface area contributed by atoms with Crippen LogP contribution in [-0.2, 0) is 0 Å². The maximum atomic E-state index is 6.16. The molecule has 0 aliphatic rings. The maximum absolute atomic E-state index is 6.16. The van der Waals surface area contributed by atoms with E-state index in [0.717, 1.165) is 30.5 Å². The van der Waals surface area contributed by atoms with E-state index in [0.29, 0.717) is 0 Å². The molecule has 2 aromatic carbocycles. The number of anilines is 2. The molecule has 0 radical (unpaired) electrons. The van der Waals surface area contributed by atoms with Crippen LogP contribution in [0.4, 0.5) is 10.8 Å². The van der Waals surface area contributed by atoms with E-state index in [2.05, 4.69) is 39.2 Å². The first kappa shape index (κ1) is 12.9. The van der Waals surface area contributed by atoms with E-state index >= 15 is 0 Å². The lowest BCUT2D eigenvalue weighted by atomic mass is 10.2. The monoisotopic (exact) mass is 352 g/mol. The Labute approximate surface area is 128 Å². The Balaban J connectivity index is 1.99. The average Bonchev–Trinajstić information content (AvgIpc) is 2.77. The SMILES string of the molecule is Cc1cc(Br)ccc1Nc1nc2cccc(Cl)c2s1. The largest absolute Gasteiger partial charge is 0.331 e. The number of benzene rings is 2. The molecule has 1 heterocycles. The van der Waals surface area contributed by atoms with Gasteiger partial charge in [-0.3, -0.25) is 0 Å². The van der Waals surface area contributed by atoms with Crippen LogP contribution in [-0.4, -0.2) is 4.98 Å². The second kappa shape index (κ2) is 5.12. The lowest BCUT2D eigenvalue weighted by Gasteiger charge is -2.06. The molecule has 0 saturated heterocycles. The standard InChI is InChI=1S/C14H10BrClN2S/c1-8-7-9(15)5-6-11(8)17-14-18-12-4-2-3-10(16)13(12)19-14/h2-7H,1H3,(H,17,18). The van der Waals surface area contributed by atoms with E-state index in [9.17, 15) is 0 Å². The van der Waals surface area contributed by atoms with Crippen molar-refractivity contribution >= 4 is 59.9 Å². The molecule has 0 atom stereocenters. The average molecular weight is 354 g/mol. The van der Waals surface area contributed by atoms with Crippen molar-refractivity contribution in [2.24, 2.45) is 0 Å². The highest BCUT2D eigenvalue weighted by Crippen LogP contribution is 2.34. The van der Waals surface area contributed by atoms with Gasteiger partial charge in [0.1, 0.15) is 0 Å². The van der Waals surface area contributed by atoms with E-state index in [1.54, 1.807) is 11.3 Å². The van der Waals surface area contributed by atoms with Crippen molar-refractivity contribution < 1.29 is 0 Å². The fourth-order valence-electron chi connectivity index (χ4n) is 1.85. The van der Waals surface area contributed by atoms with Gasteiger partial charge in [-0.2, -0.15) is 0 Å². The van der Waals surface area contributed by atoms with Crippen molar-refractivity contribution in [3.05, 3.63) is 51.5 Å². The Hall–Kier alpha value is -1.10. The lowest BCUT2D eigenvalue weighted by Crippen LogP contribution is -1.91. The van der Waals surface area contributed by atoms with Crippen molar-refractivity contribution in [2.75, 3.05) is 5.32 Å². The molecule has 5 heteroatoms. The summed E-state index contributed by atoms with van der Waals surface area (Å²) in [5.41, 5.74) is 3.15. The molecule has 0 aliphatic heterocycles. The van der Waals surface area contributed by atoms with Crippen molar-refractivity contribution in [2.45, 2.75) is 6.92 Å². The topological polar surface area (TPSA) is 24.9 Å². The Kier molecular flexibility index (Phi) is 3.48. The summed E-state index contributed by atoms with van der Waals surface area (Å²) in [6, 6.07) is 11.9. The summed E-state index contributed by atoms with van der Waals surface area (Å²) in [7, 11) is 0. The van der Waals surface area contributed by atoms with E-state index in [1.165, 1.54) is 5.56 Å². The molecular weight excluding hydrogens is 344 g/mol. The number of nitrogens with zero attached hydrogens (tertiary/aromatic N) is 1. The van der Waals surface area contributed by atoms with Crippen LogP contribution in [0.2, 0.25) is 5.02 Å². The molecule has 3 aromatic rings. The molecule has 0 unspecified atom stereocenters. The van der Waals surface area contributed by atoms with Gasteiger partial charge in [-0.25, -0.2) is 4.98 Å². The molecular formula is C14H10BrClN2S. The quantitative estimate of drug-likeness (QED) is 0.633. The van der Waals surface area contributed by atoms with Gasteiger partial charge < -0.3 is 5.32 Å². The molecule has 0 amide bonds. The minimum absolute atomic E-state index is 0.746. The molecule has 96 valence electrons. The van der Waals surface area contributed by atoms with Crippen LogP contribution in [0, 0.1) is 6.92 Å². The summed E-state index contributed by atoms with van der Waals surface area (Å²) in [4.78, 5) is 4.54. The second-order valence-corrected chi connectivity index (χ2v) is 6.51. The zero-order chi connectivity index (χ0) is 13.4. The predicted octanol–water partition coefficient (Wildman–Crippen LogP) is 5.76. The zero-order valence-electron chi connectivity index (χ0n) is 10.1. The first-order valence-electron chi connectivity index (χ1n) is 5.72. The minimum atomic E-state index is 0.746. The molecule has 2 nitrogen and oxygen atoms in total. The summed E-state index contributed by atoms with van der Waals surface area (Å²) in [6.45, 7) is 2.06. The highest BCUT2D eigenvalue weighted by Gasteiger charge is 2.08. The highest BCUT2D eigenvalue weighted by atomic mass is 79.9. The molecule has 3 rings (SSSR count). The normalized spacial score (nSPS) is 10.9. The van der Waals surface area contributed by atoms with E-state index in [4.69, 9.17) is 11.6 Å². The van der Waals surface area contributed by atoms with Gasteiger partial charge in [-0.15, -0.1) is 0 Å². The number of hydrogen-bond acceptors (Lipinski definition) is 3. The van der Waals surface area contributed by atoms with Crippen LogP contribution < -0.4 is 5.32 Å². The Morgan fingerprint density at radius 1 is 1.26 bits per heavy atom. The van der Waals surface area contributed by atoms with Crippen molar-refractivity contribution in [3.8, 4) is 0 Å². The van der Waals surface area contributed by atoms with Gasteiger partial charge in [0.25, 0.3) is 0 Å². The molecule has 19 heavy (non-hydrogen) atoms. The van der Waals surface area contributed by atoms with Crippen molar-refractivity contribution in [1.29, 1.82) is 0 Å². The summed E-state index contributed by atoms with van der Waals surface area (Å²) in [5.74, 6) is 0. The number of fused-ring (bicyclic) bond motifs is 1. The molecule has 1 N–H and O–H groups in total. The fourth-order valence-corrected chi connectivity index (χ4v) is 3.49. The maximum Gasteiger partial charge on any atom is 0.188 e. The van der Waals surface area contributed by atoms with Gasteiger partial charge in [0.05, 0.1) is 15.2 Å². The number of thiazole rings is 1. The summed E-state index contributed by atoms with van der Waals surface area (Å²) in [5, 5.41) is 4.95. The van der Waals surface area contributed by atoms with Gasteiger partial charge >= 0.3 is 0 Å². The van der Waals surface area contributed by atoms with Gasteiger partial charge in [0.2, 0.25) is 0 Å². The predicted molar refractivity (Wildman–Crippen MR) is 86.8 cm³/mol. The molecule has 0 fully saturated rings. The molecule has 0 spiro atoms. The second-order valence-electron chi connectivity index (χ2n) is 4.19. The Bertz CT molecular complexity index is 754. The summed E-state index contributed by atoms with van der Waals surface area (Å²) in [6.07, 6.45) is 0. The van der Waals surface area contributed by atoms with Crippen LogP contribution in [0.3, 0.4) is 0 Å². The van der Waals surface area contributed by atoms with Gasteiger partial charge in [0.15, 0.2) is 5.13 Å². The van der Waals surface area contributed by atoms with Crippen LogP contribution in [0.5, 0.6) is 0 Å². The first-order valence-corrected chi connectivity index (χ1v) is 7.70. The number of aromatic nitrogens is 1. The number of nitrogens with one attached hydrogen (secondary N) is 1. The molecule has 0 aliphatic carbocycles.